The summed E-state index contributed by atoms with van der Waals surface area (Å²) in [7, 11) is 0. The Kier molecular flexibility index (Phi) is 8.56. The van der Waals surface area contributed by atoms with Crippen molar-refractivity contribution in [2.75, 3.05) is 15.0 Å². The second-order valence-electron chi connectivity index (χ2n) is 13.5. The molecule has 8 rings (SSSR count). The van der Waals surface area contributed by atoms with Gasteiger partial charge in [-0.2, -0.15) is 17.1 Å². The van der Waals surface area contributed by atoms with E-state index in [-0.39, 0.29) is 26.6 Å². The number of anilines is 6. The predicted molar refractivity (Wildman–Crippen MR) is 198 cm³/mol. The minimum atomic E-state index is -0.190. The fourth-order valence-electron chi connectivity index (χ4n) is 6.53. The zero-order chi connectivity index (χ0) is 33.0. The number of pyridine rings is 1. The van der Waals surface area contributed by atoms with Crippen LogP contribution in [0, 0.1) is 12.1 Å². The van der Waals surface area contributed by atoms with Gasteiger partial charge < -0.3 is 9.47 Å². The zero-order valence-electron chi connectivity index (χ0n) is 28.2. The van der Waals surface area contributed by atoms with Gasteiger partial charge in [-0.1, -0.05) is 79.3 Å². The van der Waals surface area contributed by atoms with Gasteiger partial charge >= 0.3 is 0 Å². The largest absolute Gasteiger partial charge is 0.358 e. The average molecular weight is 824 g/mol. The Morgan fingerprint density at radius 1 is 0.714 bits per heavy atom. The van der Waals surface area contributed by atoms with Crippen LogP contribution in [0.5, 0.6) is 0 Å². The van der Waals surface area contributed by atoms with Crippen molar-refractivity contribution in [3.8, 4) is 5.82 Å². The van der Waals surface area contributed by atoms with Gasteiger partial charge in [0, 0.05) is 44.2 Å². The van der Waals surface area contributed by atoms with Crippen LogP contribution >= 0.6 is 0 Å². The molecular weight excluding hydrogens is 786 g/mol. The molecule has 0 atom stereocenters. The van der Waals surface area contributed by atoms with Crippen LogP contribution in [0.3, 0.4) is 0 Å². The first-order valence-corrected chi connectivity index (χ1v) is 16.5. The minimum Gasteiger partial charge on any atom is -0.358 e. The summed E-state index contributed by atoms with van der Waals surface area (Å²) in [6, 6.07) is 49.8. The SMILES string of the molecule is CC(C)c1ccnc(-n2c3[c-]c(N(c4[c-]c(N5[OH+]N(C(C)(C)C)c6ccccc65)ccc4)c4ccccc4)ccc3c3ccccc32)c1.[Pt]. The Labute approximate surface area is 302 Å². The Hall–Kier alpha value is -4.90. The molecule has 1 N–H and O–H groups in total. The Balaban J connectivity index is 0.00000378. The van der Waals surface area contributed by atoms with Crippen molar-refractivity contribution in [2.45, 2.75) is 46.1 Å². The fourth-order valence-corrected chi connectivity index (χ4v) is 6.53. The number of benzene rings is 5. The smallest absolute Gasteiger partial charge is 0.145 e. The van der Waals surface area contributed by atoms with Crippen LogP contribution < -0.4 is 15.0 Å². The standard InChI is InChI=1S/C42H37N5O.Pt/c1-29(2)30-24-25-43-41(26-30)45-37-19-10-9-18-35(37)36-23-22-33(28-40(36)45)44(31-14-7-6-8-15-31)32-16-13-17-34(27-32)46-38-20-11-12-21-39(38)47(48-46)42(3,4)5;/h6-26,29H,1-5H3;/q-2;/p+1. The molecular formula is C42H38N5OPt-. The number of hydroxylamine groups is 1. The maximum atomic E-state index is 5.07. The monoisotopic (exact) mass is 823 g/mol. The number of rotatable bonds is 6. The molecule has 5 aromatic carbocycles. The first-order valence-electron chi connectivity index (χ1n) is 16.5. The molecule has 248 valence electrons. The summed E-state index contributed by atoms with van der Waals surface area (Å²) in [5.41, 5.74) is 8.90. The van der Waals surface area contributed by atoms with E-state index in [1.54, 1.807) is 0 Å². The maximum absolute atomic E-state index is 5.07. The van der Waals surface area contributed by atoms with E-state index in [2.05, 4.69) is 177 Å². The van der Waals surface area contributed by atoms with Gasteiger partial charge in [0.05, 0.1) is 0 Å². The van der Waals surface area contributed by atoms with E-state index in [0.29, 0.717) is 5.92 Å². The topological polar surface area (TPSA) is 40.3 Å². The van der Waals surface area contributed by atoms with Gasteiger partial charge in [-0.15, -0.1) is 45.8 Å². The molecule has 3 heterocycles. The van der Waals surface area contributed by atoms with Gasteiger partial charge in [0.2, 0.25) is 0 Å². The molecule has 2 aromatic heterocycles. The zero-order valence-corrected chi connectivity index (χ0v) is 30.5. The fraction of sp³-hybridized carbons (Fsp3) is 0.167. The normalized spacial score (nSPS) is 12.9. The predicted octanol–water partition coefficient (Wildman–Crippen LogP) is 11.0. The molecule has 6 nitrogen and oxygen atoms in total. The molecule has 49 heavy (non-hydrogen) atoms. The molecule has 1 aliphatic heterocycles. The van der Waals surface area contributed by atoms with Crippen molar-refractivity contribution >= 4 is 55.9 Å². The van der Waals surface area contributed by atoms with Crippen LogP contribution in [-0.2, 0) is 21.1 Å². The van der Waals surface area contributed by atoms with E-state index < -0.39 is 0 Å². The third kappa shape index (κ3) is 5.79. The molecule has 7 heteroatoms. The van der Waals surface area contributed by atoms with Gasteiger partial charge in [0.1, 0.15) is 22.7 Å². The van der Waals surface area contributed by atoms with Crippen LogP contribution in [-0.4, -0.2) is 20.0 Å². The Morgan fingerprint density at radius 2 is 1.43 bits per heavy atom. The van der Waals surface area contributed by atoms with E-state index in [9.17, 15) is 0 Å². The maximum Gasteiger partial charge on any atom is 0.145 e. The van der Waals surface area contributed by atoms with Gasteiger partial charge in [-0.05, 0) is 80.1 Å². The van der Waals surface area contributed by atoms with Crippen molar-refractivity contribution in [1.82, 2.24) is 9.55 Å². The third-order valence-corrected chi connectivity index (χ3v) is 8.87. The molecule has 7 aromatic rings. The molecule has 0 bridgehead atoms. The van der Waals surface area contributed by atoms with E-state index in [1.807, 2.05) is 17.3 Å². The number of fused-ring (bicyclic) bond motifs is 4. The average Bonchev–Trinajstić information content (AvgIpc) is 3.66. The Bertz CT molecular complexity index is 2270. The first kappa shape index (κ1) is 32.6. The second-order valence-corrected chi connectivity index (χ2v) is 13.5. The molecule has 0 unspecified atom stereocenters. The summed E-state index contributed by atoms with van der Waals surface area (Å²) in [5, 5.41) is 6.38. The molecule has 0 aliphatic carbocycles. The summed E-state index contributed by atoms with van der Waals surface area (Å²) >= 11 is 0. The number of nitrogens with zero attached hydrogens (tertiary/aromatic N) is 5. The quantitative estimate of drug-likeness (QED) is 0.124. The molecule has 0 saturated heterocycles. The summed E-state index contributed by atoms with van der Waals surface area (Å²) in [6.07, 6.45) is 1.91. The molecule has 0 saturated carbocycles. The van der Waals surface area contributed by atoms with Gasteiger partial charge in [0.15, 0.2) is 0 Å². The number of para-hydroxylation sites is 4. The summed E-state index contributed by atoms with van der Waals surface area (Å²) in [5.74, 6) is 1.28. The molecule has 0 radical (unpaired) electrons. The van der Waals surface area contributed by atoms with E-state index in [0.717, 1.165) is 56.4 Å². The third-order valence-electron chi connectivity index (χ3n) is 8.87. The summed E-state index contributed by atoms with van der Waals surface area (Å²) in [4.78, 5) is 12.1. The number of hydrogen-bond donors (Lipinski definition) is 0. The van der Waals surface area contributed by atoms with E-state index in [1.165, 1.54) is 10.9 Å². The van der Waals surface area contributed by atoms with Crippen LogP contribution in [0.1, 0.15) is 46.1 Å². The number of aromatic nitrogens is 2. The number of hydrogen-bond acceptors (Lipinski definition) is 4. The first-order chi connectivity index (χ1) is 23.3. The second kappa shape index (κ2) is 12.8. The van der Waals surface area contributed by atoms with Gasteiger partial charge in [-0.25, -0.2) is 4.98 Å². The van der Waals surface area contributed by atoms with Crippen molar-refractivity contribution < 1.29 is 26.0 Å². The van der Waals surface area contributed by atoms with Gasteiger partial charge in [0.25, 0.3) is 0 Å². The molecule has 0 spiro atoms. The van der Waals surface area contributed by atoms with Crippen LogP contribution in [0.4, 0.5) is 34.1 Å². The van der Waals surface area contributed by atoms with Crippen LogP contribution in [0.25, 0.3) is 27.6 Å². The van der Waals surface area contributed by atoms with Crippen LogP contribution in [0.2, 0.25) is 0 Å². The van der Waals surface area contributed by atoms with Crippen molar-refractivity contribution in [1.29, 1.82) is 0 Å². The van der Waals surface area contributed by atoms with Crippen LogP contribution in [0.15, 0.2) is 128 Å². The molecule has 0 amide bonds. The van der Waals surface area contributed by atoms with Crippen molar-refractivity contribution in [3.63, 3.8) is 0 Å². The Morgan fingerprint density at radius 3 is 2.20 bits per heavy atom. The van der Waals surface area contributed by atoms with Crippen molar-refractivity contribution in [3.05, 3.63) is 145 Å². The van der Waals surface area contributed by atoms with Gasteiger partial charge in [-0.3, -0.25) is 0 Å². The molecule has 0 fully saturated rings. The summed E-state index contributed by atoms with van der Waals surface area (Å²) < 4.78 is 2.24. The minimum absolute atomic E-state index is 0. The summed E-state index contributed by atoms with van der Waals surface area (Å²) in [6.45, 7) is 11.0. The van der Waals surface area contributed by atoms with Crippen molar-refractivity contribution in [2.24, 2.45) is 0 Å². The molecule has 1 aliphatic rings. The van der Waals surface area contributed by atoms with E-state index in [4.69, 9.17) is 9.92 Å². The van der Waals surface area contributed by atoms with E-state index >= 15 is 0 Å².